The first kappa shape index (κ1) is 21.1. The summed E-state index contributed by atoms with van der Waals surface area (Å²) in [5.74, 6) is 0.497. The van der Waals surface area contributed by atoms with Crippen LogP contribution in [0.15, 0.2) is 64.5 Å². The van der Waals surface area contributed by atoms with Crippen molar-refractivity contribution in [2.75, 3.05) is 38.6 Å². The smallest absolute Gasteiger partial charge is 0.262 e. The quantitative estimate of drug-likeness (QED) is 0.441. The fourth-order valence-corrected chi connectivity index (χ4v) is 4.88. The van der Waals surface area contributed by atoms with Crippen LogP contribution in [0.3, 0.4) is 0 Å². The molecule has 3 aromatic rings. The largest absolute Gasteiger partial charge is 0.386 e. The van der Waals surface area contributed by atoms with Crippen LogP contribution in [0.4, 0.5) is 0 Å². The molecule has 0 bridgehead atoms. The molecule has 7 heteroatoms. The van der Waals surface area contributed by atoms with Gasteiger partial charge in [0, 0.05) is 5.75 Å². The number of hydrogen-bond acceptors (Lipinski definition) is 5. The molecule has 1 saturated heterocycles. The Morgan fingerprint density at radius 3 is 2.60 bits per heavy atom. The first-order valence-corrected chi connectivity index (χ1v) is 11.4. The van der Waals surface area contributed by atoms with Gasteiger partial charge in [0.2, 0.25) is 0 Å². The average Bonchev–Trinajstić information content (AvgIpc) is 2.79. The van der Waals surface area contributed by atoms with Crippen molar-refractivity contribution in [2.24, 2.45) is 0 Å². The Kier molecular flexibility index (Phi) is 6.84. The lowest BCUT2D eigenvalue weighted by atomic mass is 10.1. The zero-order valence-electron chi connectivity index (χ0n) is 17.2. The maximum absolute atomic E-state index is 13.4. The van der Waals surface area contributed by atoms with Gasteiger partial charge in [-0.1, -0.05) is 54.2 Å². The predicted octanol–water partition coefficient (Wildman–Crippen LogP) is 1.37. The van der Waals surface area contributed by atoms with E-state index < -0.39 is 6.10 Å². The lowest BCUT2D eigenvalue weighted by molar-refractivity contribution is -0.910. The van der Waals surface area contributed by atoms with Gasteiger partial charge < -0.3 is 14.7 Å². The number of para-hydroxylation sites is 1. The molecule has 0 radical (unpaired) electrons. The Morgan fingerprint density at radius 1 is 1.13 bits per heavy atom. The number of benzene rings is 2. The Labute approximate surface area is 180 Å². The highest BCUT2D eigenvalue weighted by molar-refractivity contribution is 7.99. The van der Waals surface area contributed by atoms with E-state index in [1.54, 1.807) is 4.57 Å². The molecule has 1 aliphatic rings. The summed E-state index contributed by atoms with van der Waals surface area (Å²) in [4.78, 5) is 19.5. The number of aromatic nitrogens is 2. The third kappa shape index (κ3) is 4.75. The van der Waals surface area contributed by atoms with Crippen molar-refractivity contribution in [3.8, 4) is 0 Å². The van der Waals surface area contributed by atoms with Crippen LogP contribution in [-0.2, 0) is 4.74 Å². The Balaban J connectivity index is 1.61. The number of fused-ring (bicyclic) bond motifs is 1. The van der Waals surface area contributed by atoms with Gasteiger partial charge in [0.1, 0.15) is 25.7 Å². The minimum absolute atomic E-state index is 0.0484. The molecule has 0 amide bonds. The number of aliphatic hydroxyl groups is 1. The monoisotopic (exact) mass is 426 g/mol. The second-order valence-electron chi connectivity index (χ2n) is 7.70. The van der Waals surface area contributed by atoms with Crippen LogP contribution in [0.5, 0.6) is 0 Å². The number of rotatable bonds is 7. The van der Waals surface area contributed by atoms with Gasteiger partial charge in [0.25, 0.3) is 5.56 Å². The number of morpholine rings is 1. The predicted molar refractivity (Wildman–Crippen MR) is 119 cm³/mol. The van der Waals surface area contributed by atoms with Crippen LogP contribution >= 0.6 is 11.8 Å². The van der Waals surface area contributed by atoms with Crippen molar-refractivity contribution in [3.63, 3.8) is 0 Å². The summed E-state index contributed by atoms with van der Waals surface area (Å²) >= 11 is 1.45. The summed E-state index contributed by atoms with van der Waals surface area (Å²) in [5.41, 5.74) is 1.69. The van der Waals surface area contributed by atoms with Gasteiger partial charge >= 0.3 is 0 Å². The first-order valence-electron chi connectivity index (χ1n) is 10.4. The van der Waals surface area contributed by atoms with Crippen LogP contribution in [-0.4, -0.2) is 59.4 Å². The third-order valence-corrected chi connectivity index (χ3v) is 6.67. The zero-order chi connectivity index (χ0) is 20.9. The normalized spacial score (nSPS) is 17.1. The Bertz CT molecular complexity index is 1030. The van der Waals surface area contributed by atoms with Gasteiger partial charge in [-0.25, -0.2) is 4.98 Å². The third-order valence-electron chi connectivity index (χ3n) is 5.57. The lowest BCUT2D eigenvalue weighted by Gasteiger charge is -2.26. The summed E-state index contributed by atoms with van der Waals surface area (Å²) < 4.78 is 7.15. The second-order valence-corrected chi connectivity index (χ2v) is 8.69. The molecule has 30 heavy (non-hydrogen) atoms. The highest BCUT2D eigenvalue weighted by Crippen LogP contribution is 2.25. The fraction of sp³-hybridized carbons (Fsp3) is 0.391. The van der Waals surface area contributed by atoms with E-state index in [4.69, 9.17) is 9.72 Å². The summed E-state index contributed by atoms with van der Waals surface area (Å²) in [6, 6.07) is 17.3. The topological polar surface area (TPSA) is 68.8 Å². The molecule has 4 rings (SSSR count). The molecule has 0 saturated carbocycles. The summed E-state index contributed by atoms with van der Waals surface area (Å²) in [6.45, 7) is 6.04. The summed E-state index contributed by atoms with van der Waals surface area (Å²) in [7, 11) is 0. The Hall–Kier alpha value is -2.19. The van der Waals surface area contributed by atoms with Crippen LogP contribution in [0, 0.1) is 0 Å². The number of ether oxygens (including phenoxy) is 1. The molecule has 2 aromatic carbocycles. The van der Waals surface area contributed by atoms with E-state index in [1.165, 1.54) is 16.7 Å². The van der Waals surface area contributed by atoms with Crippen molar-refractivity contribution in [1.82, 2.24) is 9.55 Å². The van der Waals surface area contributed by atoms with E-state index in [0.717, 1.165) is 31.9 Å². The number of quaternary nitrogens is 1. The molecular formula is C23H28N3O3S+. The Morgan fingerprint density at radius 2 is 1.83 bits per heavy atom. The van der Waals surface area contributed by atoms with E-state index in [2.05, 4.69) is 0 Å². The summed E-state index contributed by atoms with van der Waals surface area (Å²) in [6.07, 6.45) is -0.466. The van der Waals surface area contributed by atoms with Crippen LogP contribution in [0.2, 0.25) is 0 Å². The van der Waals surface area contributed by atoms with Crippen molar-refractivity contribution >= 4 is 22.7 Å². The average molecular weight is 427 g/mol. The SMILES string of the molecule is C[C@@H](c1ccccc1)n1c(SC[C@H](O)C[NH+]2CCOCC2)nc2ccccc2c1=O. The number of nitrogens with zero attached hydrogens (tertiary/aromatic N) is 2. The molecule has 6 nitrogen and oxygen atoms in total. The highest BCUT2D eigenvalue weighted by Gasteiger charge is 2.21. The number of aliphatic hydroxyl groups excluding tert-OH is 1. The molecule has 2 N–H and O–H groups in total. The number of hydrogen-bond donors (Lipinski definition) is 2. The lowest BCUT2D eigenvalue weighted by Crippen LogP contribution is -3.15. The van der Waals surface area contributed by atoms with Gasteiger partial charge in [0.05, 0.1) is 30.2 Å². The van der Waals surface area contributed by atoms with Gasteiger partial charge in [-0.2, -0.15) is 0 Å². The van der Waals surface area contributed by atoms with Crippen LogP contribution < -0.4 is 10.5 Å². The molecule has 0 unspecified atom stereocenters. The molecule has 1 fully saturated rings. The molecule has 0 aliphatic carbocycles. The van der Waals surface area contributed by atoms with Gasteiger partial charge in [-0.3, -0.25) is 9.36 Å². The van der Waals surface area contributed by atoms with Crippen LogP contribution in [0.1, 0.15) is 18.5 Å². The first-order chi connectivity index (χ1) is 14.6. The summed E-state index contributed by atoms with van der Waals surface area (Å²) in [5, 5.41) is 11.9. The molecule has 1 aromatic heterocycles. The van der Waals surface area contributed by atoms with Crippen molar-refractivity contribution < 1.29 is 14.7 Å². The maximum Gasteiger partial charge on any atom is 0.262 e. The van der Waals surface area contributed by atoms with E-state index in [0.29, 0.717) is 28.4 Å². The standard InChI is InChI=1S/C23H27N3O3S/c1-17(18-7-3-2-4-8-18)26-22(28)20-9-5-6-10-21(20)24-23(26)30-16-19(27)15-25-11-13-29-14-12-25/h2-10,17,19,27H,11-16H2,1H3/p+1/t17-,19+/m0/s1. The van der Waals surface area contributed by atoms with Gasteiger partial charge in [0.15, 0.2) is 5.16 Å². The number of nitrogens with one attached hydrogen (secondary N) is 1. The van der Waals surface area contributed by atoms with E-state index in [9.17, 15) is 9.90 Å². The van der Waals surface area contributed by atoms with E-state index in [1.807, 2.05) is 61.5 Å². The van der Waals surface area contributed by atoms with Gasteiger partial charge in [-0.15, -0.1) is 0 Å². The number of thioether (sulfide) groups is 1. The minimum Gasteiger partial charge on any atom is -0.386 e. The molecule has 158 valence electrons. The maximum atomic E-state index is 13.4. The van der Waals surface area contributed by atoms with E-state index >= 15 is 0 Å². The molecule has 1 aliphatic heterocycles. The molecule has 2 atom stereocenters. The molecular weight excluding hydrogens is 398 g/mol. The zero-order valence-corrected chi connectivity index (χ0v) is 18.0. The van der Waals surface area contributed by atoms with E-state index in [-0.39, 0.29) is 11.6 Å². The highest BCUT2D eigenvalue weighted by atomic mass is 32.2. The van der Waals surface area contributed by atoms with Crippen molar-refractivity contribution in [2.45, 2.75) is 24.2 Å². The van der Waals surface area contributed by atoms with Gasteiger partial charge in [-0.05, 0) is 24.6 Å². The van der Waals surface area contributed by atoms with Crippen molar-refractivity contribution in [1.29, 1.82) is 0 Å². The molecule has 0 spiro atoms. The fourth-order valence-electron chi connectivity index (χ4n) is 3.88. The second kappa shape index (κ2) is 9.75. The van der Waals surface area contributed by atoms with Crippen molar-refractivity contribution in [3.05, 3.63) is 70.5 Å². The minimum atomic E-state index is -0.466. The van der Waals surface area contributed by atoms with Crippen LogP contribution in [0.25, 0.3) is 10.9 Å². The molecule has 2 heterocycles.